The lowest BCUT2D eigenvalue weighted by molar-refractivity contribution is -0.141. The third kappa shape index (κ3) is 3.94. The minimum absolute atomic E-state index is 0.158. The van der Waals surface area contributed by atoms with Gasteiger partial charge in [-0.15, -0.1) is 11.3 Å². The van der Waals surface area contributed by atoms with E-state index >= 15 is 0 Å². The molecule has 36 heavy (non-hydrogen) atoms. The van der Waals surface area contributed by atoms with Crippen LogP contribution in [-0.2, 0) is 10.9 Å². The van der Waals surface area contributed by atoms with E-state index in [1.807, 2.05) is 19.1 Å². The highest BCUT2D eigenvalue weighted by molar-refractivity contribution is 7.22. The number of halogens is 3. The Morgan fingerprint density at radius 1 is 1.08 bits per heavy atom. The first kappa shape index (κ1) is 22.7. The summed E-state index contributed by atoms with van der Waals surface area (Å²) in [5.41, 5.74) is 1.36. The van der Waals surface area contributed by atoms with E-state index in [9.17, 15) is 18.0 Å². The molecular formula is C25H18F3N5O2S. The number of aromatic nitrogens is 5. The van der Waals surface area contributed by atoms with Gasteiger partial charge in [0.15, 0.2) is 5.69 Å². The lowest BCUT2D eigenvalue weighted by atomic mass is 10.0. The van der Waals surface area contributed by atoms with Gasteiger partial charge in [0, 0.05) is 30.6 Å². The molecule has 182 valence electrons. The Morgan fingerprint density at radius 3 is 2.67 bits per heavy atom. The molecule has 0 spiro atoms. The Balaban J connectivity index is 1.52. The Bertz CT molecular complexity index is 1670. The number of alkyl halides is 3. The topological polar surface area (TPSA) is 82.8 Å². The van der Waals surface area contributed by atoms with Crippen molar-refractivity contribution >= 4 is 32.5 Å². The van der Waals surface area contributed by atoms with Crippen LogP contribution in [0.15, 0.2) is 53.7 Å². The van der Waals surface area contributed by atoms with Crippen LogP contribution in [0.4, 0.5) is 13.2 Å². The van der Waals surface area contributed by atoms with Crippen molar-refractivity contribution in [3.05, 3.63) is 76.1 Å². The van der Waals surface area contributed by atoms with Crippen molar-refractivity contribution in [3.63, 3.8) is 0 Å². The predicted molar refractivity (Wildman–Crippen MR) is 129 cm³/mol. The van der Waals surface area contributed by atoms with Crippen LogP contribution in [0, 0.1) is 6.92 Å². The van der Waals surface area contributed by atoms with Gasteiger partial charge in [-0.05, 0) is 54.6 Å². The van der Waals surface area contributed by atoms with Crippen LogP contribution in [0.2, 0.25) is 0 Å². The van der Waals surface area contributed by atoms with Gasteiger partial charge < -0.3 is 4.74 Å². The number of pyridine rings is 3. The lowest BCUT2D eigenvalue weighted by Gasteiger charge is -2.12. The Labute approximate surface area is 206 Å². The maximum absolute atomic E-state index is 13.4. The number of hydrogen-bond donors (Lipinski definition) is 0. The van der Waals surface area contributed by atoms with Gasteiger partial charge in [-0.2, -0.15) is 18.3 Å². The molecule has 0 amide bonds. The van der Waals surface area contributed by atoms with Crippen molar-refractivity contribution in [1.82, 2.24) is 24.7 Å². The number of thiophene rings is 1. The molecule has 6 rings (SSSR count). The van der Waals surface area contributed by atoms with Crippen molar-refractivity contribution in [2.45, 2.75) is 25.4 Å². The van der Waals surface area contributed by atoms with Crippen molar-refractivity contribution < 1.29 is 17.9 Å². The molecule has 0 aromatic carbocycles. The second kappa shape index (κ2) is 8.45. The highest BCUT2D eigenvalue weighted by atomic mass is 32.1. The molecule has 0 saturated carbocycles. The first-order valence-corrected chi connectivity index (χ1v) is 12.0. The van der Waals surface area contributed by atoms with Gasteiger partial charge in [0.2, 0.25) is 5.43 Å². The van der Waals surface area contributed by atoms with Crippen LogP contribution in [0.5, 0.6) is 0 Å². The van der Waals surface area contributed by atoms with Crippen LogP contribution in [0.3, 0.4) is 0 Å². The van der Waals surface area contributed by atoms with Gasteiger partial charge in [-0.1, -0.05) is 0 Å². The van der Waals surface area contributed by atoms with Gasteiger partial charge in [0.25, 0.3) is 0 Å². The zero-order valence-corrected chi connectivity index (χ0v) is 19.7. The van der Waals surface area contributed by atoms with Crippen LogP contribution in [-0.4, -0.2) is 37.9 Å². The van der Waals surface area contributed by atoms with Gasteiger partial charge in [0.05, 0.1) is 33.6 Å². The summed E-state index contributed by atoms with van der Waals surface area (Å²) in [6.45, 7) is 3.16. The van der Waals surface area contributed by atoms with E-state index in [-0.39, 0.29) is 28.2 Å². The molecule has 6 heterocycles. The number of fused-ring (bicyclic) bond motifs is 2. The zero-order valence-electron chi connectivity index (χ0n) is 18.9. The maximum atomic E-state index is 13.4. The summed E-state index contributed by atoms with van der Waals surface area (Å²) in [5.74, 6) is 0.244. The summed E-state index contributed by atoms with van der Waals surface area (Å²) >= 11 is 1.38. The highest BCUT2D eigenvalue weighted by Gasteiger charge is 2.32. The summed E-state index contributed by atoms with van der Waals surface area (Å²) in [5, 5.41) is 5.52. The Kier molecular flexibility index (Phi) is 5.34. The largest absolute Gasteiger partial charge is 0.433 e. The average molecular weight is 510 g/mol. The van der Waals surface area contributed by atoms with Crippen LogP contribution in [0.1, 0.15) is 29.3 Å². The summed E-state index contributed by atoms with van der Waals surface area (Å²) in [6.07, 6.45) is 0.816. The van der Waals surface area contributed by atoms with Gasteiger partial charge in [0.1, 0.15) is 11.2 Å². The standard InChI is InChI=1S/C25H18F3N5O2S/c1-13-6-18-22(31-9-13)24(34)23(32-33(18)16-2-3-21(30-10-16)25(26,27)28)19-8-15-7-17(14-4-5-35-12-14)29-11-20(15)36-19/h2-3,6-11,14H,4-5,12H2,1H3/t14-/m0/s1. The van der Waals surface area contributed by atoms with Crippen molar-refractivity contribution in [2.75, 3.05) is 13.2 Å². The molecule has 0 unspecified atom stereocenters. The molecule has 0 bridgehead atoms. The minimum Gasteiger partial charge on any atom is -0.381 e. The number of nitrogens with zero attached hydrogens (tertiary/aromatic N) is 5. The second-order valence-electron chi connectivity index (χ2n) is 8.69. The summed E-state index contributed by atoms with van der Waals surface area (Å²) < 4.78 is 46.9. The van der Waals surface area contributed by atoms with Gasteiger partial charge >= 0.3 is 6.18 Å². The smallest absolute Gasteiger partial charge is 0.381 e. The molecule has 1 saturated heterocycles. The fourth-order valence-electron chi connectivity index (χ4n) is 4.31. The Morgan fingerprint density at radius 2 is 1.94 bits per heavy atom. The second-order valence-corrected chi connectivity index (χ2v) is 9.77. The van der Waals surface area contributed by atoms with E-state index in [1.165, 1.54) is 22.1 Å². The molecule has 1 atom stereocenters. The fraction of sp³-hybridized carbons (Fsp3) is 0.240. The molecule has 0 radical (unpaired) electrons. The molecule has 7 nitrogen and oxygen atoms in total. The quantitative estimate of drug-likeness (QED) is 0.329. The third-order valence-electron chi connectivity index (χ3n) is 6.15. The van der Waals surface area contributed by atoms with E-state index in [0.29, 0.717) is 23.6 Å². The van der Waals surface area contributed by atoms with Crippen molar-refractivity contribution in [3.8, 4) is 16.3 Å². The van der Waals surface area contributed by atoms with Gasteiger partial charge in [-0.3, -0.25) is 14.8 Å². The molecule has 1 aliphatic heterocycles. The molecule has 11 heteroatoms. The molecule has 5 aromatic heterocycles. The average Bonchev–Trinajstić information content (AvgIpc) is 3.53. The number of hydrogen-bond acceptors (Lipinski definition) is 7. The van der Waals surface area contributed by atoms with E-state index in [4.69, 9.17) is 4.74 Å². The minimum atomic E-state index is -4.56. The first-order chi connectivity index (χ1) is 17.3. The summed E-state index contributed by atoms with van der Waals surface area (Å²) in [4.78, 5) is 26.5. The predicted octanol–water partition coefficient (Wildman–Crippen LogP) is 5.28. The normalized spacial score (nSPS) is 16.3. The number of rotatable bonds is 3. The SMILES string of the molecule is Cc1cnc2c(=O)c(-c3cc4cc([C@H]5CCOC5)ncc4s3)nn(-c3ccc(C(F)(F)F)nc3)c2c1. The fourth-order valence-corrected chi connectivity index (χ4v) is 5.30. The summed E-state index contributed by atoms with van der Waals surface area (Å²) in [6, 6.07) is 7.80. The highest BCUT2D eigenvalue weighted by Crippen LogP contribution is 2.34. The van der Waals surface area contributed by atoms with Gasteiger partial charge in [-0.25, -0.2) is 9.67 Å². The lowest BCUT2D eigenvalue weighted by Crippen LogP contribution is -2.17. The van der Waals surface area contributed by atoms with E-state index in [0.717, 1.165) is 40.0 Å². The number of ether oxygens (including phenoxy) is 1. The molecule has 0 aliphatic carbocycles. The monoisotopic (exact) mass is 509 g/mol. The van der Waals surface area contributed by atoms with Crippen molar-refractivity contribution in [1.29, 1.82) is 0 Å². The number of aryl methyl sites for hydroxylation is 1. The van der Waals surface area contributed by atoms with Crippen LogP contribution in [0.25, 0.3) is 37.4 Å². The van der Waals surface area contributed by atoms with E-state index < -0.39 is 11.9 Å². The first-order valence-electron chi connectivity index (χ1n) is 11.2. The van der Waals surface area contributed by atoms with Crippen molar-refractivity contribution in [2.24, 2.45) is 0 Å². The third-order valence-corrected chi connectivity index (χ3v) is 7.24. The molecule has 1 fully saturated rings. The molecule has 0 N–H and O–H groups in total. The molecular weight excluding hydrogens is 491 g/mol. The van der Waals surface area contributed by atoms with Crippen LogP contribution < -0.4 is 5.43 Å². The van der Waals surface area contributed by atoms with Crippen LogP contribution >= 0.6 is 11.3 Å². The summed E-state index contributed by atoms with van der Waals surface area (Å²) in [7, 11) is 0. The van der Waals surface area contributed by atoms with E-state index in [2.05, 4.69) is 20.1 Å². The molecule has 1 aliphatic rings. The molecule has 5 aromatic rings. The maximum Gasteiger partial charge on any atom is 0.433 e. The Hall–Kier alpha value is -3.70. The zero-order chi connectivity index (χ0) is 25.0. The van der Waals surface area contributed by atoms with E-state index in [1.54, 1.807) is 18.5 Å².